The lowest BCUT2D eigenvalue weighted by atomic mass is 10.0. The summed E-state index contributed by atoms with van der Waals surface area (Å²) in [4.78, 5) is 13.1. The van der Waals surface area contributed by atoms with Gasteiger partial charge in [0.1, 0.15) is 6.04 Å². The summed E-state index contributed by atoms with van der Waals surface area (Å²) >= 11 is 1.67. The normalized spacial score (nSPS) is 12.1. The summed E-state index contributed by atoms with van der Waals surface area (Å²) in [5.74, 6) is -0.258. The van der Waals surface area contributed by atoms with Crippen molar-refractivity contribution in [1.29, 1.82) is 0 Å². The molecule has 1 unspecified atom stereocenters. The van der Waals surface area contributed by atoms with Crippen molar-refractivity contribution in [3.8, 4) is 0 Å². The molecule has 0 saturated carbocycles. The van der Waals surface area contributed by atoms with Crippen LogP contribution < -0.4 is 5.32 Å². The number of nitrogens with one attached hydrogen (secondary N) is 1. The van der Waals surface area contributed by atoms with Crippen LogP contribution in [0.25, 0.3) is 0 Å². The smallest absolute Gasteiger partial charge is 0.327 e. The molecule has 0 amide bonds. The molecule has 0 bridgehead atoms. The molecule has 1 atom stereocenters. The summed E-state index contributed by atoms with van der Waals surface area (Å²) in [7, 11) is 1.42. The third-order valence-corrected chi connectivity index (χ3v) is 3.87. The first-order valence-electron chi connectivity index (χ1n) is 6.11. The van der Waals surface area contributed by atoms with Gasteiger partial charge < -0.3 is 4.74 Å². The fraction of sp³-hybridized carbons (Fsp3) is 0.267. The number of carbonyl (C=O) groups is 1. The highest BCUT2D eigenvalue weighted by atomic mass is 32.1. The maximum absolute atomic E-state index is 11.9. The molecule has 1 aromatic heterocycles. The van der Waals surface area contributed by atoms with Crippen molar-refractivity contribution in [2.24, 2.45) is 0 Å². The van der Waals surface area contributed by atoms with Crippen LogP contribution >= 0.6 is 11.3 Å². The summed E-state index contributed by atoms with van der Waals surface area (Å²) < 4.78 is 4.89. The Bertz CT molecular complexity index is 537. The number of rotatable bonds is 5. The largest absolute Gasteiger partial charge is 0.468 e. The molecule has 0 fully saturated rings. The van der Waals surface area contributed by atoms with Crippen LogP contribution in [0, 0.1) is 6.92 Å². The topological polar surface area (TPSA) is 38.3 Å². The highest BCUT2D eigenvalue weighted by Crippen LogP contribution is 2.20. The molecule has 0 saturated heterocycles. The molecular weight excluding hydrogens is 258 g/mol. The van der Waals surface area contributed by atoms with Crippen molar-refractivity contribution in [2.75, 3.05) is 7.11 Å². The van der Waals surface area contributed by atoms with E-state index in [0.717, 1.165) is 11.1 Å². The Kier molecular flexibility index (Phi) is 4.71. The monoisotopic (exact) mass is 275 g/mol. The molecule has 1 aromatic carbocycles. The summed E-state index contributed by atoms with van der Waals surface area (Å²) in [6.07, 6.45) is 0. The Morgan fingerprint density at radius 2 is 2.11 bits per heavy atom. The molecule has 2 rings (SSSR count). The van der Waals surface area contributed by atoms with E-state index in [9.17, 15) is 4.79 Å². The summed E-state index contributed by atoms with van der Waals surface area (Å²) in [6, 6.07) is 11.5. The molecule has 4 heteroatoms. The summed E-state index contributed by atoms with van der Waals surface area (Å²) in [6.45, 7) is 2.66. The number of ether oxygens (including phenoxy) is 1. The summed E-state index contributed by atoms with van der Waals surface area (Å²) in [5, 5.41) is 5.29. The van der Waals surface area contributed by atoms with Gasteiger partial charge in [-0.25, -0.2) is 4.79 Å². The lowest BCUT2D eigenvalue weighted by molar-refractivity contribution is -0.143. The molecule has 100 valence electrons. The van der Waals surface area contributed by atoms with E-state index < -0.39 is 6.04 Å². The van der Waals surface area contributed by atoms with Gasteiger partial charge in [0, 0.05) is 11.4 Å². The number of carbonyl (C=O) groups excluding carboxylic acids is 1. The number of esters is 1. The van der Waals surface area contributed by atoms with Crippen molar-refractivity contribution in [3.05, 3.63) is 57.8 Å². The van der Waals surface area contributed by atoms with Gasteiger partial charge in [-0.15, -0.1) is 11.3 Å². The molecule has 0 aliphatic rings. The number of methoxy groups -OCH3 is 1. The second kappa shape index (κ2) is 6.50. The molecule has 0 spiro atoms. The van der Waals surface area contributed by atoms with Crippen molar-refractivity contribution in [3.63, 3.8) is 0 Å². The Hall–Kier alpha value is -1.65. The van der Waals surface area contributed by atoms with E-state index in [-0.39, 0.29) is 5.97 Å². The Labute approximate surface area is 117 Å². The van der Waals surface area contributed by atoms with Crippen molar-refractivity contribution >= 4 is 17.3 Å². The zero-order valence-corrected chi connectivity index (χ0v) is 11.9. The maximum Gasteiger partial charge on any atom is 0.327 e. The third kappa shape index (κ3) is 3.43. The molecule has 0 aliphatic carbocycles. The van der Waals surface area contributed by atoms with E-state index >= 15 is 0 Å². The van der Waals surface area contributed by atoms with Crippen LogP contribution in [0.5, 0.6) is 0 Å². The predicted molar refractivity (Wildman–Crippen MR) is 77.1 cm³/mol. The molecule has 0 aliphatic heterocycles. The van der Waals surface area contributed by atoms with E-state index in [1.54, 1.807) is 11.3 Å². The van der Waals surface area contributed by atoms with E-state index in [4.69, 9.17) is 4.74 Å². The zero-order chi connectivity index (χ0) is 13.7. The SMILES string of the molecule is COC(=O)C(NCc1cccs1)c1ccccc1C. The lowest BCUT2D eigenvalue weighted by Gasteiger charge is -2.18. The first-order chi connectivity index (χ1) is 9.22. The van der Waals surface area contributed by atoms with Gasteiger partial charge in [-0.2, -0.15) is 0 Å². The Morgan fingerprint density at radius 1 is 1.32 bits per heavy atom. The fourth-order valence-corrected chi connectivity index (χ4v) is 2.62. The Balaban J connectivity index is 2.17. The zero-order valence-electron chi connectivity index (χ0n) is 11.1. The van der Waals surface area contributed by atoms with Crippen LogP contribution in [0.2, 0.25) is 0 Å². The number of benzene rings is 1. The number of aryl methyl sites for hydroxylation is 1. The van der Waals surface area contributed by atoms with Crippen molar-refractivity contribution in [2.45, 2.75) is 19.5 Å². The highest BCUT2D eigenvalue weighted by molar-refractivity contribution is 7.09. The van der Waals surface area contributed by atoms with Crippen LogP contribution in [-0.2, 0) is 16.1 Å². The quantitative estimate of drug-likeness (QED) is 0.852. The second-order valence-electron chi connectivity index (χ2n) is 4.27. The van der Waals surface area contributed by atoms with Gasteiger partial charge in [0.2, 0.25) is 0 Å². The third-order valence-electron chi connectivity index (χ3n) is 3.00. The number of thiophene rings is 1. The van der Waals surface area contributed by atoms with Crippen LogP contribution in [0.3, 0.4) is 0 Å². The van der Waals surface area contributed by atoms with Gasteiger partial charge in [0.15, 0.2) is 0 Å². The van der Waals surface area contributed by atoms with Crippen molar-refractivity contribution in [1.82, 2.24) is 5.32 Å². The predicted octanol–water partition coefficient (Wildman–Crippen LogP) is 3.06. The van der Waals surface area contributed by atoms with E-state index in [2.05, 4.69) is 5.32 Å². The van der Waals surface area contributed by atoms with Crippen LogP contribution in [0.15, 0.2) is 41.8 Å². The minimum Gasteiger partial charge on any atom is -0.468 e. The van der Waals surface area contributed by atoms with Gasteiger partial charge in [0.25, 0.3) is 0 Å². The van der Waals surface area contributed by atoms with E-state index in [1.807, 2.05) is 48.7 Å². The molecular formula is C15H17NO2S. The molecule has 1 heterocycles. The minimum atomic E-state index is -0.423. The molecule has 2 aromatic rings. The first kappa shape index (κ1) is 13.8. The summed E-state index contributed by atoms with van der Waals surface area (Å²) in [5.41, 5.74) is 2.04. The van der Waals surface area contributed by atoms with Crippen LogP contribution in [0.1, 0.15) is 22.0 Å². The highest BCUT2D eigenvalue weighted by Gasteiger charge is 2.22. The van der Waals surface area contributed by atoms with Crippen molar-refractivity contribution < 1.29 is 9.53 Å². The second-order valence-corrected chi connectivity index (χ2v) is 5.31. The fourth-order valence-electron chi connectivity index (χ4n) is 1.96. The van der Waals surface area contributed by atoms with Gasteiger partial charge in [-0.3, -0.25) is 5.32 Å². The van der Waals surface area contributed by atoms with Gasteiger partial charge >= 0.3 is 5.97 Å². The standard InChI is InChI=1S/C15H17NO2S/c1-11-6-3-4-8-13(11)14(15(17)18-2)16-10-12-7-5-9-19-12/h3-9,14,16H,10H2,1-2H3. The molecule has 0 radical (unpaired) electrons. The molecule has 19 heavy (non-hydrogen) atoms. The minimum absolute atomic E-state index is 0.258. The molecule has 1 N–H and O–H groups in total. The van der Waals surface area contributed by atoms with E-state index in [0.29, 0.717) is 6.54 Å². The maximum atomic E-state index is 11.9. The average Bonchev–Trinajstić information content (AvgIpc) is 2.93. The van der Waals surface area contributed by atoms with E-state index in [1.165, 1.54) is 12.0 Å². The van der Waals surface area contributed by atoms with Crippen LogP contribution in [0.4, 0.5) is 0 Å². The van der Waals surface area contributed by atoms with Gasteiger partial charge in [-0.1, -0.05) is 30.3 Å². The van der Waals surface area contributed by atoms with Gasteiger partial charge in [0.05, 0.1) is 7.11 Å². The van der Waals surface area contributed by atoms with Crippen LogP contribution in [-0.4, -0.2) is 13.1 Å². The lowest BCUT2D eigenvalue weighted by Crippen LogP contribution is -2.29. The van der Waals surface area contributed by atoms with Gasteiger partial charge in [-0.05, 0) is 29.5 Å². The average molecular weight is 275 g/mol. The number of hydrogen-bond donors (Lipinski definition) is 1. The Morgan fingerprint density at radius 3 is 2.74 bits per heavy atom. The molecule has 3 nitrogen and oxygen atoms in total. The number of hydrogen-bond acceptors (Lipinski definition) is 4. The first-order valence-corrected chi connectivity index (χ1v) is 6.99.